The second kappa shape index (κ2) is 20.3. The first kappa shape index (κ1) is 29.4. The van der Waals surface area contributed by atoms with Crippen LogP contribution in [0.15, 0.2) is 88.2 Å². The quantitative estimate of drug-likeness (QED) is 0.108. The molecule has 0 unspecified atom stereocenters. The number of allylic oxidation sites excluding steroid dienone is 1. The molecule has 32 heavy (non-hydrogen) atoms. The molecule has 0 spiro atoms. The molecule has 2 rings (SSSR count). The molecule has 0 bridgehead atoms. The van der Waals surface area contributed by atoms with Gasteiger partial charge in [0.05, 0.1) is 12.4 Å². The van der Waals surface area contributed by atoms with Gasteiger partial charge in [0.15, 0.2) is 0 Å². The maximum atomic E-state index is 5.40. The maximum absolute atomic E-state index is 5.40. The molecule has 2 aromatic rings. The van der Waals surface area contributed by atoms with Crippen molar-refractivity contribution in [3.8, 4) is 29.4 Å². The Balaban J connectivity index is 0.000000896. The van der Waals surface area contributed by atoms with E-state index in [9.17, 15) is 0 Å². The molecule has 4 nitrogen and oxygen atoms in total. The normalized spacial score (nSPS) is 9.59. The standard InChI is InChI=1S/C19H20N2O2.C6H6S2.Pt/c1-3-18(16-20-4-2)22-14-9-7-5-6-8-10-15-23-19-12-11-13-21-17-19;7-5-3-1-2-4-6(5)8;/h3-4,11-13,16-17H,1,5-6,14-15H2,2H3;1-4,7-8H;/q;;+2/p-2/b18-16+,20-4?;;. The molecule has 1 aromatic heterocycles. The van der Waals surface area contributed by atoms with Crippen molar-refractivity contribution in [2.24, 2.45) is 4.99 Å². The monoisotopic (exact) mass is 643 g/mol. The first-order valence-corrected chi connectivity index (χ1v) is 10.3. The van der Waals surface area contributed by atoms with E-state index < -0.39 is 0 Å². The van der Waals surface area contributed by atoms with Crippen molar-refractivity contribution in [3.63, 3.8) is 0 Å². The molecule has 0 aliphatic carbocycles. The van der Waals surface area contributed by atoms with Gasteiger partial charge in [-0.1, -0.05) is 54.5 Å². The number of pyridine rings is 1. The number of nitrogens with zero attached hydrogens (tertiary/aromatic N) is 2. The van der Waals surface area contributed by atoms with Crippen LogP contribution in [0.4, 0.5) is 0 Å². The molecule has 0 aliphatic rings. The van der Waals surface area contributed by atoms with Gasteiger partial charge in [-0.3, -0.25) is 9.98 Å². The van der Waals surface area contributed by atoms with Gasteiger partial charge in [-0.25, -0.2) is 0 Å². The SMILES string of the molecule is C=C/C(=C\N=CC)OCC#CCCC#CCOc1cccnc1.[Pt+2].[S-]c1ccccc1[S-]. The molecule has 0 amide bonds. The number of ether oxygens (including phenoxy) is 2. The van der Waals surface area contributed by atoms with E-state index in [0.29, 0.717) is 31.8 Å². The van der Waals surface area contributed by atoms with Crippen molar-refractivity contribution >= 4 is 31.5 Å². The van der Waals surface area contributed by atoms with E-state index in [2.05, 4.69) is 40.2 Å². The molecule has 0 N–H and O–H groups in total. The molecule has 0 atom stereocenters. The minimum absolute atomic E-state index is 0. The molecule has 1 aromatic carbocycles. The first-order chi connectivity index (χ1) is 15.2. The fourth-order valence-corrected chi connectivity index (χ4v) is 2.12. The van der Waals surface area contributed by atoms with E-state index in [1.807, 2.05) is 43.3 Å². The maximum Gasteiger partial charge on any atom is 2.00 e. The third-order valence-electron chi connectivity index (χ3n) is 3.28. The molecule has 0 radical (unpaired) electrons. The van der Waals surface area contributed by atoms with Crippen molar-refractivity contribution < 1.29 is 30.5 Å². The van der Waals surface area contributed by atoms with Gasteiger partial charge in [-0.05, 0) is 25.1 Å². The number of aliphatic imine (C=N–C) groups is 1. The largest absolute Gasteiger partial charge is 2.00 e. The zero-order valence-electron chi connectivity index (χ0n) is 17.7. The summed E-state index contributed by atoms with van der Waals surface area (Å²) in [5.41, 5.74) is 0. The minimum atomic E-state index is 0. The molecule has 0 saturated heterocycles. The molecular formula is C25H24N2O2PtS2. The van der Waals surface area contributed by atoms with Crippen LogP contribution in [-0.4, -0.2) is 24.4 Å². The number of benzene rings is 1. The van der Waals surface area contributed by atoms with Crippen molar-refractivity contribution in [3.05, 3.63) is 73.4 Å². The Hall–Kier alpha value is -2.63. The third kappa shape index (κ3) is 15.2. The predicted molar refractivity (Wildman–Crippen MR) is 131 cm³/mol. The van der Waals surface area contributed by atoms with E-state index in [-0.39, 0.29) is 21.1 Å². The van der Waals surface area contributed by atoms with Crippen LogP contribution >= 0.6 is 0 Å². The van der Waals surface area contributed by atoms with E-state index in [0.717, 1.165) is 15.5 Å². The van der Waals surface area contributed by atoms with Gasteiger partial charge < -0.3 is 34.7 Å². The Morgan fingerprint density at radius 2 is 1.69 bits per heavy atom. The van der Waals surface area contributed by atoms with E-state index in [4.69, 9.17) is 34.7 Å². The van der Waals surface area contributed by atoms with Gasteiger partial charge in [-0.2, -0.15) is 9.79 Å². The van der Waals surface area contributed by atoms with Crippen molar-refractivity contribution in [2.75, 3.05) is 13.2 Å². The fourth-order valence-electron chi connectivity index (χ4n) is 1.82. The second-order valence-electron chi connectivity index (χ2n) is 5.56. The zero-order chi connectivity index (χ0) is 22.6. The average molecular weight is 644 g/mol. The molecular weight excluding hydrogens is 619 g/mol. The number of hydrogen-bond acceptors (Lipinski definition) is 6. The van der Waals surface area contributed by atoms with E-state index >= 15 is 0 Å². The molecule has 0 saturated carbocycles. The molecule has 0 aliphatic heterocycles. The number of rotatable bonds is 7. The number of unbranched alkanes of at least 4 members (excludes halogenated alkanes) is 1. The Bertz CT molecular complexity index is 951. The first-order valence-electron chi connectivity index (χ1n) is 9.48. The smallest absolute Gasteiger partial charge is 0.781 e. The summed E-state index contributed by atoms with van der Waals surface area (Å²) >= 11 is 9.70. The summed E-state index contributed by atoms with van der Waals surface area (Å²) in [7, 11) is 0. The van der Waals surface area contributed by atoms with Gasteiger partial charge in [-0.15, -0.1) is 0 Å². The summed E-state index contributed by atoms with van der Waals surface area (Å²) in [4.78, 5) is 9.44. The van der Waals surface area contributed by atoms with Crippen LogP contribution in [0.2, 0.25) is 0 Å². The summed E-state index contributed by atoms with van der Waals surface area (Å²) in [6.07, 6.45) is 9.63. The number of aromatic nitrogens is 1. The number of hydrogen-bond donors (Lipinski definition) is 0. The Labute approximate surface area is 216 Å². The zero-order valence-corrected chi connectivity index (χ0v) is 21.6. The summed E-state index contributed by atoms with van der Waals surface area (Å²) in [6, 6.07) is 11.1. The van der Waals surface area contributed by atoms with Crippen LogP contribution in [0, 0.1) is 23.7 Å². The van der Waals surface area contributed by atoms with Gasteiger partial charge in [0, 0.05) is 25.3 Å². The van der Waals surface area contributed by atoms with Crippen LogP contribution in [0.5, 0.6) is 5.75 Å². The van der Waals surface area contributed by atoms with Gasteiger partial charge >= 0.3 is 21.1 Å². The van der Waals surface area contributed by atoms with Crippen LogP contribution in [0.1, 0.15) is 19.8 Å². The van der Waals surface area contributed by atoms with Crippen molar-refractivity contribution in [1.29, 1.82) is 0 Å². The predicted octanol–water partition coefficient (Wildman–Crippen LogP) is 4.88. The van der Waals surface area contributed by atoms with Crippen molar-refractivity contribution in [2.45, 2.75) is 29.6 Å². The molecule has 7 heteroatoms. The molecule has 0 fully saturated rings. The second-order valence-corrected chi connectivity index (χ2v) is 6.44. The van der Waals surface area contributed by atoms with Crippen LogP contribution in [-0.2, 0) is 51.1 Å². The summed E-state index contributed by atoms with van der Waals surface area (Å²) in [6.45, 7) is 6.15. The van der Waals surface area contributed by atoms with Gasteiger partial charge in [0.1, 0.15) is 24.7 Å². The fraction of sp³-hybridized carbons (Fsp3) is 0.200. The third-order valence-corrected chi connectivity index (χ3v) is 4.12. The summed E-state index contributed by atoms with van der Waals surface area (Å²) in [5, 5.41) is 0. The topological polar surface area (TPSA) is 43.7 Å². The van der Waals surface area contributed by atoms with Crippen LogP contribution < -0.4 is 4.74 Å². The van der Waals surface area contributed by atoms with Crippen LogP contribution in [0.3, 0.4) is 0 Å². The Morgan fingerprint density at radius 1 is 1.03 bits per heavy atom. The summed E-state index contributed by atoms with van der Waals surface area (Å²) < 4.78 is 10.8. The summed E-state index contributed by atoms with van der Waals surface area (Å²) in [5.74, 6) is 13.2. The van der Waals surface area contributed by atoms with E-state index in [1.165, 1.54) is 0 Å². The van der Waals surface area contributed by atoms with Gasteiger partial charge in [0.2, 0.25) is 0 Å². The Kier molecular flexibility index (Phi) is 18.6. The molecule has 168 valence electrons. The minimum Gasteiger partial charge on any atom is -0.781 e. The Morgan fingerprint density at radius 3 is 2.22 bits per heavy atom. The average Bonchev–Trinajstić information content (AvgIpc) is 2.80. The van der Waals surface area contributed by atoms with E-state index in [1.54, 1.807) is 30.9 Å². The van der Waals surface area contributed by atoms with Crippen LogP contribution in [0.25, 0.3) is 0 Å². The van der Waals surface area contributed by atoms with Crippen molar-refractivity contribution in [1.82, 2.24) is 4.98 Å². The van der Waals surface area contributed by atoms with Gasteiger partial charge in [0.25, 0.3) is 0 Å². The molecule has 1 heterocycles.